The minimum absolute atomic E-state index is 0.00519. The SMILES string of the molecule is Cc1cc(Br)ccc1NC(=O)COC(=O)c1ccc2c(c1)C(=O)N(Cc1ccco1)C2=O. The number of amides is 3. The molecule has 0 aliphatic carbocycles. The van der Waals surface area contributed by atoms with Crippen molar-refractivity contribution in [3.8, 4) is 0 Å². The van der Waals surface area contributed by atoms with Crippen LogP contribution in [0, 0.1) is 6.92 Å². The number of rotatable bonds is 6. The fraction of sp³-hybridized carbons (Fsp3) is 0.130. The van der Waals surface area contributed by atoms with Gasteiger partial charge >= 0.3 is 5.97 Å². The number of ether oxygens (including phenoxy) is 1. The first-order valence-electron chi connectivity index (χ1n) is 9.59. The fourth-order valence-corrected chi connectivity index (χ4v) is 3.76. The van der Waals surface area contributed by atoms with Crippen LogP contribution in [0.4, 0.5) is 5.69 Å². The van der Waals surface area contributed by atoms with Gasteiger partial charge in [-0.2, -0.15) is 0 Å². The number of benzene rings is 2. The van der Waals surface area contributed by atoms with Crippen LogP contribution in [0.3, 0.4) is 0 Å². The average Bonchev–Trinajstić information content (AvgIpc) is 3.37. The van der Waals surface area contributed by atoms with E-state index in [1.807, 2.05) is 13.0 Å². The minimum atomic E-state index is -0.778. The van der Waals surface area contributed by atoms with Crippen molar-refractivity contribution in [2.75, 3.05) is 11.9 Å². The summed E-state index contributed by atoms with van der Waals surface area (Å²) in [4.78, 5) is 50.8. The van der Waals surface area contributed by atoms with E-state index in [-0.39, 0.29) is 23.2 Å². The number of esters is 1. The number of fused-ring (bicyclic) bond motifs is 1. The molecule has 1 aliphatic heterocycles. The van der Waals surface area contributed by atoms with Gasteiger partial charge in [0.25, 0.3) is 17.7 Å². The number of nitrogens with one attached hydrogen (secondary N) is 1. The monoisotopic (exact) mass is 496 g/mol. The molecule has 0 saturated carbocycles. The van der Waals surface area contributed by atoms with E-state index < -0.39 is 30.3 Å². The molecule has 0 unspecified atom stereocenters. The Hall–Kier alpha value is -3.72. The van der Waals surface area contributed by atoms with Gasteiger partial charge in [0.05, 0.1) is 29.5 Å². The summed E-state index contributed by atoms with van der Waals surface area (Å²) in [5, 5.41) is 2.67. The maximum atomic E-state index is 12.7. The van der Waals surface area contributed by atoms with Crippen molar-refractivity contribution in [3.63, 3.8) is 0 Å². The van der Waals surface area contributed by atoms with E-state index in [4.69, 9.17) is 9.15 Å². The Bertz CT molecular complexity index is 1240. The van der Waals surface area contributed by atoms with E-state index in [1.54, 1.807) is 24.3 Å². The zero-order valence-electron chi connectivity index (χ0n) is 16.9. The number of imide groups is 1. The van der Waals surface area contributed by atoms with E-state index in [0.717, 1.165) is 14.9 Å². The number of aryl methyl sites for hydroxylation is 1. The molecule has 1 N–H and O–H groups in total. The quantitative estimate of drug-likeness (QED) is 0.409. The van der Waals surface area contributed by atoms with Crippen molar-refractivity contribution in [2.45, 2.75) is 13.5 Å². The lowest BCUT2D eigenvalue weighted by Crippen LogP contribution is -2.28. The molecule has 2 heterocycles. The van der Waals surface area contributed by atoms with Crippen LogP contribution in [-0.4, -0.2) is 35.2 Å². The number of carbonyl (C=O) groups is 4. The number of carbonyl (C=O) groups excluding carboxylic acids is 4. The summed E-state index contributed by atoms with van der Waals surface area (Å²) < 4.78 is 11.2. The number of furan rings is 1. The molecule has 3 aromatic rings. The van der Waals surface area contributed by atoms with Gasteiger partial charge in [-0.15, -0.1) is 0 Å². The van der Waals surface area contributed by atoms with Gasteiger partial charge in [0.2, 0.25) is 0 Å². The second kappa shape index (κ2) is 8.80. The molecule has 0 spiro atoms. The topological polar surface area (TPSA) is 106 Å². The Morgan fingerprint density at radius 2 is 1.84 bits per heavy atom. The number of halogens is 1. The van der Waals surface area contributed by atoms with Gasteiger partial charge in [-0.05, 0) is 61.0 Å². The molecule has 3 amide bonds. The number of hydrogen-bond acceptors (Lipinski definition) is 6. The van der Waals surface area contributed by atoms with Crippen molar-refractivity contribution >= 4 is 45.3 Å². The highest BCUT2D eigenvalue weighted by atomic mass is 79.9. The summed E-state index contributed by atoms with van der Waals surface area (Å²) in [6, 6.07) is 12.8. The Morgan fingerprint density at radius 1 is 1.06 bits per heavy atom. The average molecular weight is 497 g/mol. The van der Waals surface area contributed by atoms with Gasteiger partial charge in [0, 0.05) is 10.2 Å². The molecule has 0 radical (unpaired) electrons. The molecule has 8 nitrogen and oxygen atoms in total. The van der Waals surface area contributed by atoms with Crippen molar-refractivity contribution < 1.29 is 28.3 Å². The molecular formula is C23H17BrN2O6. The zero-order valence-corrected chi connectivity index (χ0v) is 18.5. The lowest BCUT2D eigenvalue weighted by atomic mass is 10.1. The fourth-order valence-electron chi connectivity index (χ4n) is 3.29. The summed E-state index contributed by atoms with van der Waals surface area (Å²) in [5.41, 5.74) is 1.82. The standard InChI is InChI=1S/C23H17BrN2O6/c1-13-9-15(24)5-7-19(13)25-20(27)12-32-23(30)14-4-6-17-18(10-14)22(29)26(21(17)28)11-16-3-2-8-31-16/h2-10H,11-12H2,1H3,(H,25,27). The van der Waals surface area contributed by atoms with E-state index in [9.17, 15) is 19.2 Å². The minimum Gasteiger partial charge on any atom is -0.467 e. The predicted molar refractivity (Wildman–Crippen MR) is 117 cm³/mol. The summed E-state index contributed by atoms with van der Waals surface area (Å²) in [7, 11) is 0. The van der Waals surface area contributed by atoms with Crippen molar-refractivity contribution in [1.82, 2.24) is 4.90 Å². The molecular weight excluding hydrogens is 480 g/mol. The molecule has 0 fully saturated rings. The normalized spacial score (nSPS) is 12.6. The van der Waals surface area contributed by atoms with Crippen LogP contribution in [0.5, 0.6) is 0 Å². The van der Waals surface area contributed by atoms with E-state index in [1.165, 1.54) is 24.5 Å². The van der Waals surface area contributed by atoms with Crippen LogP contribution in [0.1, 0.15) is 42.4 Å². The van der Waals surface area contributed by atoms with Gasteiger partial charge in [0.1, 0.15) is 5.76 Å². The first kappa shape index (κ1) is 21.5. The first-order chi connectivity index (χ1) is 15.3. The third kappa shape index (κ3) is 4.33. The highest BCUT2D eigenvalue weighted by Crippen LogP contribution is 2.26. The number of anilines is 1. The third-order valence-corrected chi connectivity index (χ3v) is 5.39. The summed E-state index contributed by atoms with van der Waals surface area (Å²) in [6.45, 7) is 1.34. The lowest BCUT2D eigenvalue weighted by molar-refractivity contribution is -0.119. The summed E-state index contributed by atoms with van der Waals surface area (Å²) >= 11 is 3.35. The molecule has 0 saturated heterocycles. The van der Waals surface area contributed by atoms with E-state index in [2.05, 4.69) is 21.2 Å². The van der Waals surface area contributed by atoms with Crippen molar-refractivity contribution in [1.29, 1.82) is 0 Å². The maximum Gasteiger partial charge on any atom is 0.338 e. The van der Waals surface area contributed by atoms with Crippen LogP contribution < -0.4 is 5.32 Å². The molecule has 32 heavy (non-hydrogen) atoms. The van der Waals surface area contributed by atoms with Crippen molar-refractivity contribution in [2.24, 2.45) is 0 Å². The van der Waals surface area contributed by atoms with Gasteiger partial charge in [-0.1, -0.05) is 15.9 Å². The van der Waals surface area contributed by atoms with Crippen LogP contribution in [0.25, 0.3) is 0 Å². The molecule has 4 rings (SSSR count). The largest absolute Gasteiger partial charge is 0.467 e. The molecule has 0 atom stereocenters. The highest BCUT2D eigenvalue weighted by molar-refractivity contribution is 9.10. The van der Waals surface area contributed by atoms with Gasteiger partial charge in [0.15, 0.2) is 6.61 Å². The predicted octanol–water partition coefficient (Wildman–Crippen LogP) is 3.94. The third-order valence-electron chi connectivity index (χ3n) is 4.90. The van der Waals surface area contributed by atoms with Gasteiger partial charge in [-0.3, -0.25) is 19.3 Å². The first-order valence-corrected chi connectivity index (χ1v) is 10.4. The smallest absolute Gasteiger partial charge is 0.338 e. The summed E-state index contributed by atoms with van der Waals surface area (Å²) in [5.74, 6) is -1.81. The second-order valence-electron chi connectivity index (χ2n) is 7.12. The molecule has 0 bridgehead atoms. The molecule has 1 aliphatic rings. The zero-order chi connectivity index (χ0) is 22.8. The van der Waals surface area contributed by atoms with Crippen LogP contribution in [0.2, 0.25) is 0 Å². The van der Waals surface area contributed by atoms with Gasteiger partial charge < -0.3 is 14.5 Å². The van der Waals surface area contributed by atoms with Crippen LogP contribution in [-0.2, 0) is 16.1 Å². The Morgan fingerprint density at radius 3 is 2.56 bits per heavy atom. The Balaban J connectivity index is 1.40. The Kier molecular flexibility index (Phi) is 5.91. The lowest BCUT2D eigenvalue weighted by Gasteiger charge is -2.11. The number of nitrogens with zero attached hydrogens (tertiary/aromatic N) is 1. The van der Waals surface area contributed by atoms with Crippen molar-refractivity contribution in [3.05, 3.63) is 87.3 Å². The summed E-state index contributed by atoms with van der Waals surface area (Å²) in [6.07, 6.45) is 1.45. The highest BCUT2D eigenvalue weighted by Gasteiger charge is 2.36. The van der Waals surface area contributed by atoms with Crippen LogP contribution >= 0.6 is 15.9 Å². The second-order valence-corrected chi connectivity index (χ2v) is 8.04. The molecule has 162 valence electrons. The van der Waals surface area contributed by atoms with Gasteiger partial charge in [-0.25, -0.2) is 4.79 Å². The molecule has 2 aromatic carbocycles. The molecule has 1 aromatic heterocycles. The van der Waals surface area contributed by atoms with E-state index in [0.29, 0.717) is 11.4 Å². The maximum absolute atomic E-state index is 12.7. The van der Waals surface area contributed by atoms with E-state index >= 15 is 0 Å². The van der Waals surface area contributed by atoms with Crippen LogP contribution in [0.15, 0.2) is 63.7 Å². The molecule has 9 heteroatoms. The Labute approximate surface area is 191 Å². The number of hydrogen-bond donors (Lipinski definition) is 1.